The molecule has 0 atom stereocenters. The number of H-pyrrole nitrogens is 1. The van der Waals surface area contributed by atoms with Crippen molar-refractivity contribution in [1.82, 2.24) is 15.5 Å². The number of hydrogen-bond donors (Lipinski definition) is 3. The third-order valence-corrected chi connectivity index (χ3v) is 4.21. The minimum atomic E-state index is -0.826. The molecule has 0 aromatic carbocycles. The van der Waals surface area contributed by atoms with E-state index in [1.165, 1.54) is 0 Å². The molecular weight excluding hydrogens is 258 g/mol. The standard InChI is InChI=1S/C14H21N3O3/c1-9-3-5-14(6-4-9,13(19)20)8-15-12(18)11-7-10(2)16-17-11/h7,9H,3-6,8H2,1-2H3,(H,15,18)(H,16,17)(H,19,20). The Morgan fingerprint density at radius 3 is 2.65 bits per heavy atom. The zero-order valence-corrected chi connectivity index (χ0v) is 11.9. The number of carboxylic acid groups (broad SMARTS) is 1. The number of carbonyl (C=O) groups excluding carboxylic acids is 1. The minimum absolute atomic E-state index is 0.166. The number of aromatic nitrogens is 2. The highest BCUT2D eigenvalue weighted by molar-refractivity contribution is 5.92. The van der Waals surface area contributed by atoms with Crippen molar-refractivity contribution in [3.05, 3.63) is 17.5 Å². The number of carboxylic acids is 1. The summed E-state index contributed by atoms with van der Waals surface area (Å²) >= 11 is 0. The molecule has 0 aliphatic heterocycles. The van der Waals surface area contributed by atoms with Crippen LogP contribution in [0.1, 0.15) is 48.8 Å². The van der Waals surface area contributed by atoms with Crippen molar-refractivity contribution in [2.75, 3.05) is 6.54 Å². The third kappa shape index (κ3) is 3.00. The Kier molecular flexibility index (Phi) is 4.11. The van der Waals surface area contributed by atoms with Crippen LogP contribution in [0.2, 0.25) is 0 Å². The second-order valence-corrected chi connectivity index (χ2v) is 5.89. The number of rotatable bonds is 4. The number of aryl methyl sites for hydroxylation is 1. The van der Waals surface area contributed by atoms with E-state index in [9.17, 15) is 14.7 Å². The summed E-state index contributed by atoms with van der Waals surface area (Å²) in [5, 5.41) is 18.8. The van der Waals surface area contributed by atoms with Gasteiger partial charge in [0.2, 0.25) is 0 Å². The number of aromatic amines is 1. The number of hydrogen-bond acceptors (Lipinski definition) is 3. The Balaban J connectivity index is 1.99. The summed E-state index contributed by atoms with van der Waals surface area (Å²) in [6.45, 7) is 4.11. The summed E-state index contributed by atoms with van der Waals surface area (Å²) < 4.78 is 0. The maximum Gasteiger partial charge on any atom is 0.311 e. The van der Waals surface area contributed by atoms with Gasteiger partial charge in [0.15, 0.2) is 0 Å². The Hall–Kier alpha value is -1.85. The molecule has 2 rings (SSSR count). The zero-order chi connectivity index (χ0) is 14.8. The van der Waals surface area contributed by atoms with Gasteiger partial charge in [0.25, 0.3) is 5.91 Å². The van der Waals surface area contributed by atoms with E-state index in [0.717, 1.165) is 18.5 Å². The highest BCUT2D eigenvalue weighted by Crippen LogP contribution is 2.38. The predicted molar refractivity (Wildman–Crippen MR) is 73.4 cm³/mol. The molecule has 0 radical (unpaired) electrons. The van der Waals surface area contributed by atoms with Crippen molar-refractivity contribution in [2.24, 2.45) is 11.3 Å². The van der Waals surface area contributed by atoms with Crippen molar-refractivity contribution in [1.29, 1.82) is 0 Å². The number of aliphatic carboxylic acids is 1. The van der Waals surface area contributed by atoms with Crippen molar-refractivity contribution in [2.45, 2.75) is 39.5 Å². The molecule has 6 heteroatoms. The molecule has 0 unspecified atom stereocenters. The Morgan fingerprint density at radius 1 is 1.50 bits per heavy atom. The summed E-state index contributed by atoms with van der Waals surface area (Å²) in [4.78, 5) is 23.5. The number of amides is 1. The largest absolute Gasteiger partial charge is 0.481 e. The molecule has 1 aromatic rings. The molecular formula is C14H21N3O3. The van der Waals surface area contributed by atoms with E-state index >= 15 is 0 Å². The summed E-state index contributed by atoms with van der Waals surface area (Å²) in [5.74, 6) is -0.580. The summed E-state index contributed by atoms with van der Waals surface area (Å²) in [6, 6.07) is 1.64. The third-order valence-electron chi connectivity index (χ3n) is 4.21. The van der Waals surface area contributed by atoms with Gasteiger partial charge < -0.3 is 10.4 Å². The van der Waals surface area contributed by atoms with Gasteiger partial charge in [-0.25, -0.2) is 0 Å². The van der Waals surface area contributed by atoms with Crippen molar-refractivity contribution in [3.63, 3.8) is 0 Å². The molecule has 3 N–H and O–H groups in total. The molecule has 1 fully saturated rings. The molecule has 1 aromatic heterocycles. The van der Waals surface area contributed by atoms with Gasteiger partial charge in [-0.15, -0.1) is 0 Å². The lowest BCUT2D eigenvalue weighted by molar-refractivity contribution is -0.151. The second-order valence-electron chi connectivity index (χ2n) is 5.89. The van der Waals surface area contributed by atoms with Crippen LogP contribution in [-0.4, -0.2) is 33.7 Å². The molecule has 0 bridgehead atoms. The van der Waals surface area contributed by atoms with E-state index in [0.29, 0.717) is 24.5 Å². The lowest BCUT2D eigenvalue weighted by Gasteiger charge is -2.35. The molecule has 0 spiro atoms. The molecule has 1 aliphatic rings. The van der Waals surface area contributed by atoms with Gasteiger partial charge >= 0.3 is 5.97 Å². The van der Waals surface area contributed by atoms with Crippen molar-refractivity contribution < 1.29 is 14.7 Å². The number of nitrogens with zero attached hydrogens (tertiary/aromatic N) is 1. The number of nitrogens with one attached hydrogen (secondary N) is 2. The van der Waals surface area contributed by atoms with Crippen LogP contribution in [0.3, 0.4) is 0 Å². The van der Waals surface area contributed by atoms with E-state index < -0.39 is 11.4 Å². The summed E-state index contributed by atoms with van der Waals surface area (Å²) in [5.41, 5.74) is 0.273. The molecule has 110 valence electrons. The zero-order valence-electron chi connectivity index (χ0n) is 11.9. The van der Waals surface area contributed by atoms with Gasteiger partial charge in [0, 0.05) is 12.2 Å². The van der Waals surface area contributed by atoms with Crippen LogP contribution in [0, 0.1) is 18.3 Å². The molecule has 1 heterocycles. The van der Waals surface area contributed by atoms with Crippen LogP contribution in [0.5, 0.6) is 0 Å². The quantitative estimate of drug-likeness (QED) is 0.782. The first-order valence-corrected chi connectivity index (χ1v) is 6.96. The molecule has 1 amide bonds. The predicted octanol–water partition coefficient (Wildman–Crippen LogP) is 1.73. The van der Waals surface area contributed by atoms with E-state index in [4.69, 9.17) is 0 Å². The van der Waals surface area contributed by atoms with Crippen LogP contribution in [0.15, 0.2) is 6.07 Å². The molecule has 1 aliphatic carbocycles. The SMILES string of the molecule is Cc1cc(C(=O)NCC2(C(=O)O)CCC(C)CC2)n[nH]1. The fraction of sp³-hybridized carbons (Fsp3) is 0.643. The van der Waals surface area contributed by atoms with E-state index in [1.54, 1.807) is 6.07 Å². The van der Waals surface area contributed by atoms with E-state index in [2.05, 4.69) is 22.4 Å². The topological polar surface area (TPSA) is 95.1 Å². The normalized spacial score (nSPS) is 26.2. The van der Waals surface area contributed by atoms with Crippen molar-refractivity contribution in [3.8, 4) is 0 Å². The van der Waals surface area contributed by atoms with Crippen LogP contribution in [-0.2, 0) is 4.79 Å². The maximum absolute atomic E-state index is 11.9. The molecule has 20 heavy (non-hydrogen) atoms. The van der Waals surface area contributed by atoms with Gasteiger partial charge in [-0.3, -0.25) is 14.7 Å². The Bertz CT molecular complexity index is 502. The second kappa shape index (κ2) is 5.64. The minimum Gasteiger partial charge on any atom is -0.481 e. The average molecular weight is 279 g/mol. The van der Waals surface area contributed by atoms with Crippen LogP contribution >= 0.6 is 0 Å². The van der Waals surface area contributed by atoms with E-state index in [1.807, 2.05) is 6.92 Å². The monoisotopic (exact) mass is 279 g/mol. The lowest BCUT2D eigenvalue weighted by atomic mass is 9.71. The van der Waals surface area contributed by atoms with Crippen molar-refractivity contribution >= 4 is 11.9 Å². The van der Waals surface area contributed by atoms with Crippen LogP contribution in [0.25, 0.3) is 0 Å². The first-order valence-electron chi connectivity index (χ1n) is 6.96. The average Bonchev–Trinajstić information content (AvgIpc) is 2.84. The Labute approximate surface area is 118 Å². The fourth-order valence-electron chi connectivity index (χ4n) is 2.66. The first-order chi connectivity index (χ1) is 9.43. The van der Waals surface area contributed by atoms with Gasteiger partial charge in [-0.2, -0.15) is 5.10 Å². The van der Waals surface area contributed by atoms with Gasteiger partial charge in [0.1, 0.15) is 5.69 Å². The smallest absolute Gasteiger partial charge is 0.311 e. The molecule has 6 nitrogen and oxygen atoms in total. The molecule has 1 saturated carbocycles. The Morgan fingerprint density at radius 2 is 2.15 bits per heavy atom. The fourth-order valence-corrected chi connectivity index (χ4v) is 2.66. The maximum atomic E-state index is 11.9. The van der Waals surface area contributed by atoms with Crippen LogP contribution < -0.4 is 5.32 Å². The van der Waals surface area contributed by atoms with Gasteiger partial charge in [0.05, 0.1) is 5.41 Å². The summed E-state index contributed by atoms with van der Waals surface area (Å²) in [7, 11) is 0. The highest BCUT2D eigenvalue weighted by atomic mass is 16.4. The van der Waals surface area contributed by atoms with E-state index in [-0.39, 0.29) is 12.5 Å². The summed E-state index contributed by atoms with van der Waals surface area (Å²) in [6.07, 6.45) is 3.01. The highest BCUT2D eigenvalue weighted by Gasteiger charge is 2.41. The van der Waals surface area contributed by atoms with Gasteiger partial charge in [-0.1, -0.05) is 6.92 Å². The molecule has 0 saturated heterocycles. The first kappa shape index (κ1) is 14.6. The van der Waals surface area contributed by atoms with Gasteiger partial charge in [-0.05, 0) is 44.6 Å². The lowest BCUT2D eigenvalue weighted by Crippen LogP contribution is -2.45. The van der Waals surface area contributed by atoms with Crippen LogP contribution in [0.4, 0.5) is 0 Å². The number of carbonyl (C=O) groups is 2.